The van der Waals surface area contributed by atoms with Crippen molar-refractivity contribution in [3.05, 3.63) is 150 Å². The van der Waals surface area contributed by atoms with E-state index in [2.05, 4.69) is 21.7 Å². The van der Waals surface area contributed by atoms with Crippen LogP contribution in [-0.4, -0.2) is 52.7 Å². The average molecular weight is 1070 g/mol. The van der Waals surface area contributed by atoms with Gasteiger partial charge in [-0.2, -0.15) is 5.26 Å². The van der Waals surface area contributed by atoms with E-state index in [4.69, 9.17) is 60.2 Å². The van der Waals surface area contributed by atoms with Gasteiger partial charge in [0.25, 0.3) is 11.8 Å². The van der Waals surface area contributed by atoms with Crippen molar-refractivity contribution < 1.29 is 41.9 Å². The zero-order valence-corrected chi connectivity index (χ0v) is 43.1. The minimum atomic E-state index is -1.22. The number of carbonyl (C=O) groups excluding carboxylic acids is 3. The first-order valence-electron chi connectivity index (χ1n) is 22.8. The van der Waals surface area contributed by atoms with Crippen LogP contribution >= 0.6 is 46.4 Å². The van der Waals surface area contributed by atoms with Gasteiger partial charge in [-0.05, 0) is 123 Å². The molecule has 0 atom stereocenters. The number of benzene rings is 4. The van der Waals surface area contributed by atoms with Crippen LogP contribution in [0.1, 0.15) is 99.8 Å². The van der Waals surface area contributed by atoms with Gasteiger partial charge in [-0.1, -0.05) is 73.1 Å². The van der Waals surface area contributed by atoms with Gasteiger partial charge in [0.2, 0.25) is 11.4 Å². The van der Waals surface area contributed by atoms with Gasteiger partial charge in [-0.15, -0.1) is 0 Å². The van der Waals surface area contributed by atoms with Crippen LogP contribution in [-0.2, 0) is 12.8 Å². The smallest absolute Gasteiger partial charge is 0.337 e. The molecule has 4 aromatic heterocycles. The summed E-state index contributed by atoms with van der Waals surface area (Å²) >= 11 is 25.2. The van der Waals surface area contributed by atoms with Crippen LogP contribution < -0.4 is 10.6 Å². The largest absolute Gasteiger partial charge is 0.478 e. The maximum Gasteiger partial charge on any atom is 0.337 e. The van der Waals surface area contributed by atoms with Crippen LogP contribution in [0.5, 0.6) is 0 Å². The molecule has 0 aliphatic rings. The Morgan fingerprint density at radius 2 is 1.04 bits per heavy atom. The minimum Gasteiger partial charge on any atom is -0.478 e. The zero-order chi connectivity index (χ0) is 53.1. The summed E-state index contributed by atoms with van der Waals surface area (Å²) in [6.45, 7) is 7.35. The number of fused-ring (bicyclic) bond motifs is 2. The number of amides is 2. The van der Waals surface area contributed by atoms with Crippen LogP contribution in [0.25, 0.3) is 67.1 Å². The Kier molecular flexibility index (Phi) is 16.4. The summed E-state index contributed by atoms with van der Waals surface area (Å²) in [5, 5.41) is 25.4. The van der Waals surface area contributed by atoms with E-state index < -0.39 is 34.8 Å². The quantitative estimate of drug-likeness (QED) is 0.0884. The Labute approximate surface area is 438 Å². The van der Waals surface area contributed by atoms with Crippen molar-refractivity contribution in [1.29, 1.82) is 5.26 Å². The summed E-state index contributed by atoms with van der Waals surface area (Å²) in [4.78, 5) is 60.2. The number of aromatic nitrogens is 2. The first kappa shape index (κ1) is 53.6. The molecule has 8 rings (SSSR count). The number of ketones is 1. The standard InChI is InChI=1S/C30H26Cl2FN3O3.C25H19Cl2FN2O4/c1-5-6-23-19(17-11-20(26(32)22(31)12-17)24(37)14-30(2,3)15-34)13-21-25(28(38)35-4)27(39-29(21)36-23)16-7-9-18(33)10-8-16;1-3-4-19-15(13-9-17(25(32)33)21(27)18(26)10-13)11-16-20(23(31)29-2)22(34-24(16)30-19)12-5-7-14(28)8-6-12/h7-13H,5-6,14H2,1-4H3,(H,35,38);5-11H,3-4H2,1-2H3,(H,29,31)(H,32,33). The van der Waals surface area contributed by atoms with E-state index in [0.717, 1.165) is 12.8 Å². The maximum absolute atomic E-state index is 13.6. The Bertz CT molecular complexity index is 3530. The number of hydrogen-bond acceptors (Lipinski definition) is 9. The number of pyridine rings is 2. The maximum atomic E-state index is 13.6. The van der Waals surface area contributed by atoms with Gasteiger partial charge in [-0.3, -0.25) is 14.4 Å². The number of halogens is 6. The second-order valence-corrected chi connectivity index (χ2v) is 19.1. The number of nitrogens with one attached hydrogen (secondary N) is 2. The molecule has 4 heterocycles. The average Bonchev–Trinajstić information content (AvgIpc) is 3.93. The van der Waals surface area contributed by atoms with Crippen molar-refractivity contribution in [2.45, 2.75) is 59.8 Å². The molecule has 0 spiro atoms. The molecule has 8 aromatic rings. The lowest BCUT2D eigenvalue weighted by atomic mass is 9.86. The van der Waals surface area contributed by atoms with Crippen LogP contribution in [0, 0.1) is 28.4 Å². The normalized spacial score (nSPS) is 11.3. The van der Waals surface area contributed by atoms with Gasteiger partial charge in [0, 0.05) is 48.3 Å². The highest BCUT2D eigenvalue weighted by molar-refractivity contribution is 6.44. The van der Waals surface area contributed by atoms with E-state index in [1.54, 1.807) is 44.2 Å². The van der Waals surface area contributed by atoms with Crippen molar-refractivity contribution in [3.63, 3.8) is 0 Å². The van der Waals surface area contributed by atoms with Crippen LogP contribution in [0.3, 0.4) is 0 Å². The molecule has 73 heavy (non-hydrogen) atoms. The first-order valence-corrected chi connectivity index (χ1v) is 24.3. The predicted octanol–water partition coefficient (Wildman–Crippen LogP) is 14.7. The molecular formula is C55H45Cl4F2N5O7. The van der Waals surface area contributed by atoms with Crippen LogP contribution in [0.15, 0.2) is 93.8 Å². The van der Waals surface area contributed by atoms with E-state index in [9.17, 15) is 38.3 Å². The van der Waals surface area contributed by atoms with Crippen molar-refractivity contribution in [2.75, 3.05) is 14.1 Å². The number of furan rings is 2. The number of nitriles is 1. The van der Waals surface area contributed by atoms with Gasteiger partial charge in [0.15, 0.2) is 5.78 Å². The summed E-state index contributed by atoms with van der Waals surface area (Å²) in [5.74, 6) is -2.64. The fourth-order valence-corrected chi connectivity index (χ4v) is 9.01. The lowest BCUT2D eigenvalue weighted by Crippen LogP contribution is -2.18. The zero-order valence-electron chi connectivity index (χ0n) is 40.1. The Balaban J connectivity index is 0.000000216. The van der Waals surface area contributed by atoms with E-state index in [-0.39, 0.29) is 77.5 Å². The van der Waals surface area contributed by atoms with Gasteiger partial charge >= 0.3 is 5.97 Å². The van der Waals surface area contributed by atoms with Gasteiger partial charge in [0.1, 0.15) is 23.2 Å². The highest BCUT2D eigenvalue weighted by atomic mass is 35.5. The summed E-state index contributed by atoms with van der Waals surface area (Å²) < 4.78 is 39.1. The molecule has 0 unspecified atom stereocenters. The molecule has 0 aliphatic heterocycles. The Morgan fingerprint density at radius 3 is 1.41 bits per heavy atom. The number of aromatic carboxylic acids is 1. The topological polar surface area (TPSA) is 188 Å². The third kappa shape index (κ3) is 11.3. The summed E-state index contributed by atoms with van der Waals surface area (Å²) in [6.07, 6.45) is 2.63. The molecule has 0 bridgehead atoms. The molecule has 0 aliphatic carbocycles. The van der Waals surface area contributed by atoms with Crippen molar-refractivity contribution >= 4 is 92.2 Å². The minimum absolute atomic E-state index is 0.0360. The lowest BCUT2D eigenvalue weighted by Gasteiger charge is -2.16. The number of Topliss-reactive ketones (excluding diaryl/α,β-unsaturated/α-hetero) is 1. The molecule has 4 aromatic carbocycles. The molecule has 0 radical (unpaired) electrons. The van der Waals surface area contributed by atoms with Gasteiger partial charge in [-0.25, -0.2) is 23.5 Å². The van der Waals surface area contributed by atoms with Crippen LogP contribution in [0.4, 0.5) is 8.78 Å². The monoisotopic (exact) mass is 1070 g/mol. The predicted molar refractivity (Wildman–Crippen MR) is 280 cm³/mol. The Hall–Kier alpha value is -7.15. The fourth-order valence-electron chi connectivity index (χ4n) is 8.17. The van der Waals surface area contributed by atoms with Crippen molar-refractivity contribution in [2.24, 2.45) is 5.41 Å². The number of hydrogen-bond donors (Lipinski definition) is 3. The van der Waals surface area contributed by atoms with Gasteiger partial charge in [0.05, 0.1) is 70.4 Å². The molecule has 0 fully saturated rings. The molecule has 0 saturated carbocycles. The van der Waals surface area contributed by atoms with E-state index in [1.807, 2.05) is 13.8 Å². The number of nitrogens with zero attached hydrogens (tertiary/aromatic N) is 3. The van der Waals surface area contributed by atoms with E-state index in [0.29, 0.717) is 68.4 Å². The molecule has 374 valence electrons. The summed E-state index contributed by atoms with van der Waals surface area (Å²) in [6, 6.07) is 23.2. The molecular weight excluding hydrogens is 1020 g/mol. The lowest BCUT2D eigenvalue weighted by molar-refractivity contribution is 0.0696. The fraction of sp³-hybridized carbons (Fsp3) is 0.218. The molecule has 2 amide bonds. The van der Waals surface area contributed by atoms with Crippen molar-refractivity contribution in [1.82, 2.24) is 20.6 Å². The number of carbonyl (C=O) groups is 4. The second-order valence-electron chi connectivity index (χ2n) is 17.5. The SMILES string of the molecule is CCCc1nc2oc(-c3ccc(F)cc3)c(C(=O)NC)c2cc1-c1cc(Cl)c(Cl)c(C(=O)CC(C)(C)C#N)c1.CCCc1nc2oc(-c3ccc(F)cc3)c(C(=O)NC)c2cc1-c1cc(Cl)c(Cl)c(C(=O)O)c1. The van der Waals surface area contributed by atoms with Crippen LogP contribution in [0.2, 0.25) is 20.1 Å². The number of carboxylic acid groups (broad SMARTS) is 1. The number of rotatable bonds is 14. The first-order chi connectivity index (χ1) is 34.7. The highest BCUT2D eigenvalue weighted by Gasteiger charge is 2.29. The highest BCUT2D eigenvalue weighted by Crippen LogP contribution is 2.42. The van der Waals surface area contributed by atoms with E-state index >= 15 is 0 Å². The van der Waals surface area contributed by atoms with E-state index in [1.165, 1.54) is 68.7 Å². The molecule has 3 N–H and O–H groups in total. The molecule has 18 heteroatoms. The van der Waals surface area contributed by atoms with Gasteiger partial charge < -0.3 is 24.6 Å². The number of aryl methyl sites for hydroxylation is 2. The third-order valence-corrected chi connectivity index (χ3v) is 13.3. The molecule has 0 saturated heterocycles. The number of carboxylic acids is 1. The second kappa shape index (κ2) is 22.3. The summed E-state index contributed by atoms with van der Waals surface area (Å²) in [5.41, 5.74) is 4.88. The summed E-state index contributed by atoms with van der Waals surface area (Å²) in [7, 11) is 3.00. The molecule has 12 nitrogen and oxygen atoms in total. The van der Waals surface area contributed by atoms with Crippen molar-refractivity contribution in [3.8, 4) is 51.0 Å². The third-order valence-electron chi connectivity index (χ3n) is 11.7. The Morgan fingerprint density at radius 1 is 0.644 bits per heavy atom.